The quantitative estimate of drug-likeness (QED) is 0.472. The number of rotatable bonds is 7. The minimum absolute atomic E-state index is 0.0880. The average molecular weight is 598 g/mol. The molecule has 4 aliphatic rings. The zero-order chi connectivity index (χ0) is 31.4. The molecular formula is C36H43N3O5. The highest BCUT2D eigenvalue weighted by molar-refractivity contribution is 6.08. The van der Waals surface area contributed by atoms with Gasteiger partial charge >= 0.3 is 0 Å². The number of anilines is 2. The van der Waals surface area contributed by atoms with Crippen LogP contribution >= 0.6 is 0 Å². The summed E-state index contributed by atoms with van der Waals surface area (Å²) in [7, 11) is 0. The Morgan fingerprint density at radius 2 is 1.52 bits per heavy atom. The third-order valence-electron chi connectivity index (χ3n) is 10.5. The summed E-state index contributed by atoms with van der Waals surface area (Å²) in [6.45, 7) is 10.3. The molecular weight excluding hydrogens is 554 g/mol. The van der Waals surface area contributed by atoms with Crippen molar-refractivity contribution in [3.8, 4) is 0 Å². The number of fused-ring (bicyclic) bond motifs is 2. The fourth-order valence-electron chi connectivity index (χ4n) is 8.14. The molecule has 4 aliphatic heterocycles. The fraction of sp³-hybridized carbons (Fsp3) is 0.472. The lowest BCUT2D eigenvalue weighted by molar-refractivity contribution is -0.150. The van der Waals surface area contributed by atoms with Gasteiger partial charge in [0, 0.05) is 24.5 Å². The number of hydrogen-bond donors (Lipinski definition) is 1. The molecule has 0 saturated carbocycles. The maximum Gasteiger partial charge on any atom is 0.253 e. The molecule has 0 aliphatic carbocycles. The first-order chi connectivity index (χ1) is 21.2. The Balaban J connectivity index is 1.55. The van der Waals surface area contributed by atoms with E-state index in [9.17, 15) is 14.7 Å². The van der Waals surface area contributed by atoms with Crippen LogP contribution in [0.15, 0.2) is 72.8 Å². The molecule has 8 nitrogen and oxygen atoms in total. The maximum atomic E-state index is 15.0. The summed E-state index contributed by atoms with van der Waals surface area (Å²) in [5.74, 6) is -2.65. The van der Waals surface area contributed by atoms with E-state index >= 15 is 4.79 Å². The molecule has 0 bridgehead atoms. The monoisotopic (exact) mass is 597 g/mol. The highest BCUT2D eigenvalue weighted by Gasteiger charge is 2.76. The van der Waals surface area contributed by atoms with Gasteiger partial charge in [-0.15, -0.1) is 0 Å². The second-order valence-corrected chi connectivity index (χ2v) is 12.8. The van der Waals surface area contributed by atoms with Crippen LogP contribution in [-0.4, -0.2) is 70.7 Å². The predicted molar refractivity (Wildman–Crippen MR) is 170 cm³/mol. The lowest BCUT2D eigenvalue weighted by Gasteiger charge is -2.42. The summed E-state index contributed by atoms with van der Waals surface area (Å²) in [5.41, 5.74) is 0.998. The number of para-hydroxylation sites is 2. The topological polar surface area (TPSA) is 90.4 Å². The van der Waals surface area contributed by atoms with Gasteiger partial charge in [0.05, 0.1) is 30.1 Å². The van der Waals surface area contributed by atoms with Gasteiger partial charge in [-0.05, 0) is 49.4 Å². The lowest BCUT2D eigenvalue weighted by atomic mass is 9.73. The molecule has 1 N–H and O–H groups in total. The summed E-state index contributed by atoms with van der Waals surface area (Å²) in [6.07, 6.45) is 8.86. The molecule has 2 fully saturated rings. The van der Waals surface area contributed by atoms with E-state index in [1.54, 1.807) is 14.7 Å². The normalized spacial score (nSPS) is 31.0. The van der Waals surface area contributed by atoms with Crippen molar-refractivity contribution >= 4 is 29.1 Å². The maximum absolute atomic E-state index is 15.0. The van der Waals surface area contributed by atoms with Crippen LogP contribution < -0.4 is 9.80 Å². The molecule has 4 heterocycles. The number of aliphatic hydroxyl groups excluding tert-OH is 1. The van der Waals surface area contributed by atoms with E-state index < -0.39 is 35.1 Å². The van der Waals surface area contributed by atoms with Gasteiger partial charge in [0.25, 0.3) is 5.91 Å². The predicted octanol–water partition coefficient (Wildman–Crippen LogP) is 4.58. The van der Waals surface area contributed by atoms with Crippen molar-refractivity contribution in [1.82, 2.24) is 4.90 Å². The van der Waals surface area contributed by atoms with Gasteiger partial charge in [0.15, 0.2) is 0 Å². The highest BCUT2D eigenvalue weighted by Crippen LogP contribution is 2.59. The molecule has 8 heteroatoms. The first-order valence-electron chi connectivity index (χ1n) is 15.9. The number of nitrogens with zero attached hydrogens (tertiary/aromatic N) is 3. The van der Waals surface area contributed by atoms with Crippen molar-refractivity contribution in [3.63, 3.8) is 0 Å². The van der Waals surface area contributed by atoms with Crippen molar-refractivity contribution in [2.45, 2.75) is 70.7 Å². The molecule has 6 rings (SSSR count). The van der Waals surface area contributed by atoms with Crippen LogP contribution in [-0.2, 0) is 19.1 Å². The van der Waals surface area contributed by atoms with Crippen LogP contribution in [0, 0.1) is 31.6 Å². The van der Waals surface area contributed by atoms with E-state index in [4.69, 9.17) is 4.74 Å². The van der Waals surface area contributed by atoms with Crippen LogP contribution in [0.5, 0.6) is 0 Å². The number of amides is 3. The van der Waals surface area contributed by atoms with Crippen LogP contribution in [0.25, 0.3) is 0 Å². The van der Waals surface area contributed by atoms with Crippen molar-refractivity contribution in [2.75, 3.05) is 29.5 Å². The van der Waals surface area contributed by atoms with Crippen LogP contribution in [0.4, 0.5) is 11.4 Å². The van der Waals surface area contributed by atoms with Crippen LogP contribution in [0.2, 0.25) is 0 Å². The minimum Gasteiger partial charge on any atom is -0.394 e. The molecule has 2 aromatic carbocycles. The smallest absolute Gasteiger partial charge is 0.253 e. The zero-order valence-electron chi connectivity index (χ0n) is 26.3. The fourth-order valence-corrected chi connectivity index (χ4v) is 8.14. The Morgan fingerprint density at radius 1 is 0.864 bits per heavy atom. The van der Waals surface area contributed by atoms with Gasteiger partial charge in [-0.3, -0.25) is 14.4 Å². The molecule has 7 atom stereocenters. The molecule has 2 aromatic rings. The second kappa shape index (κ2) is 11.3. The van der Waals surface area contributed by atoms with E-state index in [1.807, 2.05) is 107 Å². The standard InChI is InChI=1S/C36H43N3O5/c1-6-23(3)27(22-40)39-31-34(43)38(30-24(4)14-11-15-25(30)5)21-13-19-36(31)29(33(39)42)28-32(41)37(26-16-9-8-10-17-26)20-12-18-35(28,7-2)44-36/h8-19,23,27-29,31,40H,6-7,20-22H2,1-5H3/t23-,27-,28+,29-,31?,35-,36-/m0/s1. The molecule has 2 saturated heterocycles. The number of likely N-dealkylation sites (tertiary alicyclic amines) is 1. The highest BCUT2D eigenvalue weighted by atomic mass is 16.5. The van der Waals surface area contributed by atoms with Gasteiger partial charge < -0.3 is 24.5 Å². The summed E-state index contributed by atoms with van der Waals surface area (Å²) in [5, 5.41) is 10.7. The largest absolute Gasteiger partial charge is 0.394 e. The lowest BCUT2D eigenvalue weighted by Crippen LogP contribution is -2.60. The summed E-state index contributed by atoms with van der Waals surface area (Å²) in [6, 6.07) is 13.7. The molecule has 44 heavy (non-hydrogen) atoms. The molecule has 0 radical (unpaired) electrons. The molecule has 1 spiro atoms. The summed E-state index contributed by atoms with van der Waals surface area (Å²) < 4.78 is 7.14. The Bertz CT molecular complexity index is 1500. The molecule has 232 valence electrons. The molecule has 0 aromatic heterocycles. The summed E-state index contributed by atoms with van der Waals surface area (Å²) in [4.78, 5) is 49.7. The number of carbonyl (C=O) groups excluding carboxylic acids is 3. The van der Waals surface area contributed by atoms with Crippen molar-refractivity contribution in [3.05, 3.63) is 84.0 Å². The number of aryl methyl sites for hydroxylation is 2. The Kier molecular flexibility index (Phi) is 7.79. The van der Waals surface area contributed by atoms with Crippen molar-refractivity contribution in [2.24, 2.45) is 17.8 Å². The average Bonchev–Trinajstić information content (AvgIpc) is 3.31. The first kappa shape index (κ1) is 30.3. The van der Waals surface area contributed by atoms with Gasteiger partial charge in [-0.1, -0.05) is 87.9 Å². The third kappa shape index (κ3) is 4.29. The SMILES string of the molecule is CC[C@H](C)[C@H](CO)N1C(=O)[C@@H]2[C@@H]3C(=O)N(c4ccccc4)CC=C[C@]3(CC)O[C@@]23C=CCN(c2c(C)cccc2C)C(=O)C13. The number of carbonyl (C=O) groups is 3. The summed E-state index contributed by atoms with van der Waals surface area (Å²) >= 11 is 0. The molecule has 3 amide bonds. The van der Waals surface area contributed by atoms with Gasteiger partial charge in [-0.25, -0.2) is 0 Å². The van der Waals surface area contributed by atoms with Crippen LogP contribution in [0.3, 0.4) is 0 Å². The second-order valence-electron chi connectivity index (χ2n) is 12.8. The first-order valence-corrected chi connectivity index (χ1v) is 15.9. The van der Waals surface area contributed by atoms with E-state index in [0.29, 0.717) is 25.9 Å². The number of aliphatic hydroxyl groups is 1. The van der Waals surface area contributed by atoms with E-state index in [0.717, 1.165) is 22.5 Å². The van der Waals surface area contributed by atoms with Gasteiger partial charge in [-0.2, -0.15) is 0 Å². The Morgan fingerprint density at radius 3 is 2.16 bits per heavy atom. The minimum atomic E-state index is -1.39. The zero-order valence-corrected chi connectivity index (χ0v) is 26.3. The Labute approximate surface area is 260 Å². The van der Waals surface area contributed by atoms with Crippen LogP contribution in [0.1, 0.15) is 44.7 Å². The Hall–Kier alpha value is -3.75. The van der Waals surface area contributed by atoms with Crippen molar-refractivity contribution < 1.29 is 24.2 Å². The van der Waals surface area contributed by atoms with E-state index in [-0.39, 0.29) is 30.2 Å². The number of ether oxygens (including phenoxy) is 1. The van der Waals surface area contributed by atoms with E-state index in [1.165, 1.54) is 0 Å². The molecule has 1 unspecified atom stereocenters. The third-order valence-corrected chi connectivity index (χ3v) is 10.5. The van der Waals surface area contributed by atoms with E-state index in [2.05, 4.69) is 0 Å². The number of benzene rings is 2. The van der Waals surface area contributed by atoms with Crippen molar-refractivity contribution in [1.29, 1.82) is 0 Å². The van der Waals surface area contributed by atoms with Gasteiger partial charge in [0.2, 0.25) is 11.8 Å². The number of hydrogen-bond acceptors (Lipinski definition) is 5. The van der Waals surface area contributed by atoms with Gasteiger partial charge in [0.1, 0.15) is 11.6 Å².